The Morgan fingerprint density at radius 1 is 1.00 bits per heavy atom. The number of piperidine rings is 2. The Morgan fingerprint density at radius 2 is 1.77 bits per heavy atom. The van der Waals surface area contributed by atoms with Crippen LogP contribution in [0, 0.1) is 0 Å². The fourth-order valence-corrected chi connectivity index (χ4v) is 4.85. The molecule has 0 bridgehead atoms. The summed E-state index contributed by atoms with van der Waals surface area (Å²) in [5.74, 6) is 0.603. The summed E-state index contributed by atoms with van der Waals surface area (Å²) in [6.45, 7) is 3.83. The number of anilines is 2. The van der Waals surface area contributed by atoms with Crippen LogP contribution in [0.5, 0.6) is 0 Å². The van der Waals surface area contributed by atoms with Crippen molar-refractivity contribution in [3.8, 4) is 0 Å². The van der Waals surface area contributed by atoms with E-state index in [9.17, 15) is 4.79 Å². The maximum absolute atomic E-state index is 12.8. The molecule has 2 aliphatic heterocycles. The first kappa shape index (κ1) is 17.4. The molecule has 1 N–H and O–H groups in total. The third-order valence-corrected chi connectivity index (χ3v) is 6.34. The predicted octanol–water partition coefficient (Wildman–Crippen LogP) is 5.15. The molecule has 138 valence electrons. The molecular formula is C21H27N3OS. The molecule has 4 nitrogen and oxygen atoms in total. The number of nitrogens with zero attached hydrogens (tertiary/aromatic N) is 2. The van der Waals surface area contributed by atoms with E-state index >= 15 is 0 Å². The maximum Gasteiger partial charge on any atom is 0.321 e. The van der Waals surface area contributed by atoms with Crippen LogP contribution in [-0.4, -0.2) is 37.1 Å². The topological polar surface area (TPSA) is 35.6 Å². The quantitative estimate of drug-likeness (QED) is 0.812. The van der Waals surface area contributed by atoms with Gasteiger partial charge in [0.05, 0.1) is 11.4 Å². The largest absolute Gasteiger partial charge is 0.370 e. The highest BCUT2D eigenvalue weighted by Gasteiger charge is 2.25. The number of carbonyl (C=O) groups is 1. The molecule has 2 aliphatic rings. The second-order valence-corrected chi connectivity index (χ2v) is 8.09. The SMILES string of the molecule is O=C(Nc1ccccc1N1CCCCC1)N1CCC(c2ccsc2)CC1. The Balaban J connectivity index is 1.38. The van der Waals surface area contributed by atoms with E-state index < -0.39 is 0 Å². The summed E-state index contributed by atoms with van der Waals surface area (Å²) >= 11 is 1.76. The van der Waals surface area contributed by atoms with Gasteiger partial charge in [0.2, 0.25) is 0 Å². The lowest BCUT2D eigenvalue weighted by Gasteiger charge is -2.33. The van der Waals surface area contributed by atoms with Gasteiger partial charge in [-0.25, -0.2) is 4.79 Å². The van der Waals surface area contributed by atoms with Crippen LogP contribution in [0.3, 0.4) is 0 Å². The van der Waals surface area contributed by atoms with E-state index in [0.717, 1.165) is 50.4 Å². The number of thiophene rings is 1. The second-order valence-electron chi connectivity index (χ2n) is 7.31. The van der Waals surface area contributed by atoms with Gasteiger partial charge in [0, 0.05) is 26.2 Å². The Bertz CT molecular complexity index is 717. The molecule has 0 radical (unpaired) electrons. The summed E-state index contributed by atoms with van der Waals surface area (Å²) < 4.78 is 0. The summed E-state index contributed by atoms with van der Waals surface area (Å²) in [6, 6.07) is 10.5. The number of hydrogen-bond donors (Lipinski definition) is 1. The molecule has 0 spiro atoms. The van der Waals surface area contributed by atoms with E-state index in [2.05, 4.69) is 39.2 Å². The number of hydrogen-bond acceptors (Lipinski definition) is 3. The molecule has 2 amide bonds. The standard InChI is InChI=1S/C21H27N3OS/c25-21(24-13-8-17(9-14-24)18-10-15-26-16-18)22-19-6-2-3-7-20(19)23-11-4-1-5-12-23/h2-3,6-7,10,15-17H,1,4-5,8-9,11-14H2,(H,22,25). The zero-order chi connectivity index (χ0) is 17.8. The summed E-state index contributed by atoms with van der Waals surface area (Å²) in [7, 11) is 0. The van der Waals surface area contributed by atoms with Crippen molar-refractivity contribution in [2.75, 3.05) is 36.4 Å². The number of urea groups is 1. The number of likely N-dealkylation sites (tertiary alicyclic amines) is 1. The molecule has 5 heteroatoms. The molecule has 0 saturated carbocycles. The minimum atomic E-state index is 0.0400. The minimum absolute atomic E-state index is 0.0400. The smallest absolute Gasteiger partial charge is 0.321 e. The molecule has 2 aromatic rings. The number of rotatable bonds is 3. The molecule has 26 heavy (non-hydrogen) atoms. The lowest BCUT2D eigenvalue weighted by atomic mass is 9.91. The van der Waals surface area contributed by atoms with Crippen LogP contribution < -0.4 is 10.2 Å². The average Bonchev–Trinajstić information content (AvgIpc) is 3.24. The summed E-state index contributed by atoms with van der Waals surface area (Å²) in [4.78, 5) is 17.2. The van der Waals surface area contributed by atoms with Crippen LogP contribution in [0.4, 0.5) is 16.2 Å². The van der Waals surface area contributed by atoms with Gasteiger partial charge >= 0.3 is 6.03 Å². The normalized spacial score (nSPS) is 18.8. The Morgan fingerprint density at radius 3 is 2.50 bits per heavy atom. The molecule has 2 saturated heterocycles. The highest BCUT2D eigenvalue weighted by atomic mass is 32.1. The fraction of sp³-hybridized carbons (Fsp3) is 0.476. The number of benzene rings is 1. The molecule has 1 aromatic carbocycles. The van der Waals surface area contributed by atoms with E-state index in [-0.39, 0.29) is 6.03 Å². The van der Waals surface area contributed by atoms with Crippen LogP contribution >= 0.6 is 11.3 Å². The highest BCUT2D eigenvalue weighted by molar-refractivity contribution is 7.07. The van der Waals surface area contributed by atoms with E-state index in [1.807, 2.05) is 17.0 Å². The number of amides is 2. The van der Waals surface area contributed by atoms with Crippen molar-refractivity contribution in [1.29, 1.82) is 0 Å². The van der Waals surface area contributed by atoms with Crippen LogP contribution in [-0.2, 0) is 0 Å². The van der Waals surface area contributed by atoms with Crippen molar-refractivity contribution in [1.82, 2.24) is 4.90 Å². The third kappa shape index (κ3) is 3.88. The van der Waals surface area contributed by atoms with E-state index in [1.165, 1.54) is 24.8 Å². The molecular weight excluding hydrogens is 342 g/mol. The lowest BCUT2D eigenvalue weighted by Crippen LogP contribution is -2.41. The monoisotopic (exact) mass is 369 g/mol. The van der Waals surface area contributed by atoms with Crippen molar-refractivity contribution in [3.05, 3.63) is 46.7 Å². The summed E-state index contributed by atoms with van der Waals surface area (Å²) in [5, 5.41) is 7.56. The number of para-hydroxylation sites is 2. The van der Waals surface area contributed by atoms with Crippen LogP contribution in [0.2, 0.25) is 0 Å². The van der Waals surface area contributed by atoms with Crippen molar-refractivity contribution in [3.63, 3.8) is 0 Å². The van der Waals surface area contributed by atoms with Gasteiger partial charge in [-0.2, -0.15) is 11.3 Å². The third-order valence-electron chi connectivity index (χ3n) is 5.64. The van der Waals surface area contributed by atoms with Gasteiger partial charge in [0.25, 0.3) is 0 Å². The first-order chi connectivity index (χ1) is 12.8. The Kier molecular flexibility index (Phi) is 5.44. The van der Waals surface area contributed by atoms with Gasteiger partial charge in [-0.05, 0) is 72.5 Å². The fourth-order valence-electron chi connectivity index (χ4n) is 4.11. The lowest BCUT2D eigenvalue weighted by molar-refractivity contribution is 0.194. The molecule has 0 atom stereocenters. The minimum Gasteiger partial charge on any atom is -0.370 e. The van der Waals surface area contributed by atoms with Gasteiger partial charge in [0.1, 0.15) is 0 Å². The highest BCUT2D eigenvalue weighted by Crippen LogP contribution is 2.31. The van der Waals surface area contributed by atoms with E-state index in [1.54, 1.807) is 11.3 Å². The van der Waals surface area contributed by atoms with Gasteiger partial charge in [0.15, 0.2) is 0 Å². The number of nitrogens with one attached hydrogen (secondary N) is 1. The molecule has 4 rings (SSSR count). The van der Waals surface area contributed by atoms with Gasteiger partial charge < -0.3 is 15.1 Å². The Labute approximate surface area is 159 Å². The van der Waals surface area contributed by atoms with Gasteiger partial charge in [-0.15, -0.1) is 0 Å². The second kappa shape index (κ2) is 8.12. The van der Waals surface area contributed by atoms with Crippen LogP contribution in [0.1, 0.15) is 43.6 Å². The molecule has 0 unspecified atom stereocenters. The van der Waals surface area contributed by atoms with Crippen molar-refractivity contribution in [2.24, 2.45) is 0 Å². The van der Waals surface area contributed by atoms with Crippen LogP contribution in [0.15, 0.2) is 41.1 Å². The molecule has 1 aromatic heterocycles. The van der Waals surface area contributed by atoms with Crippen molar-refractivity contribution < 1.29 is 4.79 Å². The van der Waals surface area contributed by atoms with Gasteiger partial charge in [-0.3, -0.25) is 0 Å². The molecule has 3 heterocycles. The first-order valence-electron chi connectivity index (χ1n) is 9.73. The van der Waals surface area contributed by atoms with Crippen LogP contribution in [0.25, 0.3) is 0 Å². The Hall–Kier alpha value is -2.01. The zero-order valence-electron chi connectivity index (χ0n) is 15.2. The van der Waals surface area contributed by atoms with Gasteiger partial charge in [-0.1, -0.05) is 12.1 Å². The molecule has 0 aliphatic carbocycles. The summed E-state index contributed by atoms with van der Waals surface area (Å²) in [5.41, 5.74) is 3.54. The van der Waals surface area contributed by atoms with E-state index in [4.69, 9.17) is 0 Å². The van der Waals surface area contributed by atoms with E-state index in [0.29, 0.717) is 5.92 Å². The predicted molar refractivity (Wildman–Crippen MR) is 109 cm³/mol. The number of carbonyl (C=O) groups excluding carboxylic acids is 1. The zero-order valence-corrected chi connectivity index (χ0v) is 16.0. The molecule has 2 fully saturated rings. The average molecular weight is 370 g/mol. The first-order valence-corrected chi connectivity index (χ1v) is 10.7. The van der Waals surface area contributed by atoms with Crippen molar-refractivity contribution in [2.45, 2.75) is 38.0 Å². The summed E-state index contributed by atoms with van der Waals surface area (Å²) in [6.07, 6.45) is 5.89. The van der Waals surface area contributed by atoms with Crippen molar-refractivity contribution >= 4 is 28.7 Å². The maximum atomic E-state index is 12.8.